The molecule has 1 N–H and O–H groups in total. The fourth-order valence-corrected chi connectivity index (χ4v) is 2.22. The van der Waals surface area contributed by atoms with Crippen LogP contribution >= 0.6 is 0 Å². The third kappa shape index (κ3) is 3.98. The van der Waals surface area contributed by atoms with Crippen molar-refractivity contribution < 1.29 is 9.13 Å². The van der Waals surface area contributed by atoms with Crippen LogP contribution in [0.2, 0.25) is 0 Å². The lowest BCUT2D eigenvalue weighted by molar-refractivity contribution is 0.409. The maximum atomic E-state index is 14.0. The summed E-state index contributed by atoms with van der Waals surface area (Å²) >= 11 is 0. The van der Waals surface area contributed by atoms with Crippen LogP contribution in [-0.2, 0) is 6.54 Å². The van der Waals surface area contributed by atoms with Gasteiger partial charge < -0.3 is 10.1 Å². The van der Waals surface area contributed by atoms with Gasteiger partial charge in [-0.25, -0.2) is 14.4 Å². The topological polar surface area (TPSA) is 47.0 Å². The van der Waals surface area contributed by atoms with Crippen LogP contribution in [0.1, 0.15) is 35.7 Å². The molecule has 1 aromatic heterocycles. The number of aromatic nitrogens is 2. The van der Waals surface area contributed by atoms with E-state index in [1.807, 2.05) is 26.8 Å². The van der Waals surface area contributed by atoms with Crippen LogP contribution in [0.3, 0.4) is 0 Å². The second kappa shape index (κ2) is 6.63. The van der Waals surface area contributed by atoms with Gasteiger partial charge in [-0.3, -0.25) is 0 Å². The first-order valence-electron chi connectivity index (χ1n) is 6.87. The molecule has 1 heterocycles. The molecule has 0 aliphatic heterocycles. The average molecular weight is 289 g/mol. The number of nitrogens with zero attached hydrogens (tertiary/aromatic N) is 2. The lowest BCUT2D eigenvalue weighted by atomic mass is 10.1. The normalized spacial score (nSPS) is 12.2. The van der Waals surface area contributed by atoms with Gasteiger partial charge in [0, 0.05) is 29.1 Å². The summed E-state index contributed by atoms with van der Waals surface area (Å²) in [5.74, 6) is 0.949. The van der Waals surface area contributed by atoms with Crippen LogP contribution in [0.25, 0.3) is 0 Å². The van der Waals surface area contributed by atoms with Crippen LogP contribution in [0.5, 0.6) is 5.75 Å². The summed E-state index contributed by atoms with van der Waals surface area (Å²) in [6.45, 7) is 6.28. The molecule has 0 spiro atoms. The molecule has 4 nitrogen and oxygen atoms in total. The fraction of sp³-hybridized carbons (Fsp3) is 0.375. The van der Waals surface area contributed by atoms with Gasteiger partial charge in [0.1, 0.15) is 17.4 Å². The fourth-order valence-electron chi connectivity index (χ4n) is 2.22. The standard InChI is InChI=1S/C16H20FN3O/c1-10-7-11(2)20-16(19-10)9-18-12(3)14-6-5-13(21-4)8-15(14)17/h5-8,12,18H,9H2,1-4H3. The van der Waals surface area contributed by atoms with Crippen molar-refractivity contribution in [3.05, 3.63) is 52.9 Å². The summed E-state index contributed by atoms with van der Waals surface area (Å²) in [7, 11) is 1.52. The van der Waals surface area contributed by atoms with Crippen LogP contribution in [0.15, 0.2) is 24.3 Å². The van der Waals surface area contributed by atoms with Crippen LogP contribution in [-0.4, -0.2) is 17.1 Å². The summed E-state index contributed by atoms with van der Waals surface area (Å²) in [6, 6.07) is 6.66. The molecule has 2 rings (SSSR count). The highest BCUT2D eigenvalue weighted by atomic mass is 19.1. The highest BCUT2D eigenvalue weighted by Crippen LogP contribution is 2.21. The van der Waals surface area contributed by atoms with Crippen molar-refractivity contribution in [1.29, 1.82) is 0 Å². The molecule has 112 valence electrons. The van der Waals surface area contributed by atoms with Gasteiger partial charge in [-0.1, -0.05) is 6.07 Å². The zero-order chi connectivity index (χ0) is 15.4. The average Bonchev–Trinajstić information content (AvgIpc) is 2.43. The molecule has 0 aliphatic rings. The molecule has 0 radical (unpaired) electrons. The molecule has 2 aromatic rings. The van der Waals surface area contributed by atoms with E-state index in [1.165, 1.54) is 13.2 Å². The van der Waals surface area contributed by atoms with Gasteiger partial charge in [0.25, 0.3) is 0 Å². The second-order valence-electron chi connectivity index (χ2n) is 5.06. The van der Waals surface area contributed by atoms with Gasteiger partial charge in [0.15, 0.2) is 0 Å². The molecule has 0 saturated carbocycles. The van der Waals surface area contributed by atoms with E-state index in [2.05, 4.69) is 15.3 Å². The molecule has 0 amide bonds. The number of benzene rings is 1. The molecule has 0 aliphatic carbocycles. The minimum absolute atomic E-state index is 0.139. The smallest absolute Gasteiger partial charge is 0.142 e. The van der Waals surface area contributed by atoms with Crippen molar-refractivity contribution in [3.8, 4) is 5.75 Å². The van der Waals surface area contributed by atoms with Gasteiger partial charge in [-0.2, -0.15) is 0 Å². The maximum absolute atomic E-state index is 14.0. The molecule has 21 heavy (non-hydrogen) atoms. The van der Waals surface area contributed by atoms with Crippen molar-refractivity contribution in [2.75, 3.05) is 7.11 Å². The summed E-state index contributed by atoms with van der Waals surface area (Å²) in [4.78, 5) is 8.72. The van der Waals surface area contributed by atoms with Gasteiger partial charge in [-0.05, 0) is 32.9 Å². The Morgan fingerprint density at radius 2 is 1.86 bits per heavy atom. The summed E-state index contributed by atoms with van der Waals surface area (Å²) in [6.07, 6.45) is 0. The lowest BCUT2D eigenvalue weighted by Crippen LogP contribution is -2.21. The number of hydrogen-bond donors (Lipinski definition) is 1. The molecule has 0 fully saturated rings. The maximum Gasteiger partial charge on any atom is 0.142 e. The van der Waals surface area contributed by atoms with Gasteiger partial charge in [-0.15, -0.1) is 0 Å². The zero-order valence-corrected chi connectivity index (χ0v) is 12.8. The predicted octanol–water partition coefficient (Wildman–Crippen LogP) is 3.09. The third-order valence-corrected chi connectivity index (χ3v) is 3.27. The highest BCUT2D eigenvalue weighted by molar-refractivity contribution is 5.30. The minimum atomic E-state index is -0.282. The van der Waals surface area contributed by atoms with Crippen LogP contribution in [0.4, 0.5) is 4.39 Å². The molecule has 1 atom stereocenters. The van der Waals surface area contributed by atoms with Crippen LogP contribution < -0.4 is 10.1 Å². The molecule has 1 unspecified atom stereocenters. The summed E-state index contributed by atoms with van der Waals surface area (Å²) < 4.78 is 19.0. The van der Waals surface area contributed by atoms with Crippen molar-refractivity contribution in [3.63, 3.8) is 0 Å². The summed E-state index contributed by atoms with van der Waals surface area (Å²) in [5, 5.41) is 3.24. The Morgan fingerprint density at radius 3 is 2.43 bits per heavy atom. The number of halogens is 1. The summed E-state index contributed by atoms with van der Waals surface area (Å²) in [5.41, 5.74) is 2.46. The van der Waals surface area contributed by atoms with Gasteiger partial charge in [0.2, 0.25) is 0 Å². The second-order valence-corrected chi connectivity index (χ2v) is 5.06. The first kappa shape index (κ1) is 15.4. The lowest BCUT2D eigenvalue weighted by Gasteiger charge is -2.15. The monoisotopic (exact) mass is 289 g/mol. The van der Waals surface area contributed by atoms with Crippen molar-refractivity contribution in [1.82, 2.24) is 15.3 Å². The predicted molar refractivity (Wildman–Crippen MR) is 79.7 cm³/mol. The number of hydrogen-bond acceptors (Lipinski definition) is 4. The molecule has 1 aromatic carbocycles. The third-order valence-electron chi connectivity index (χ3n) is 3.27. The SMILES string of the molecule is COc1ccc(C(C)NCc2nc(C)cc(C)n2)c(F)c1. The van der Waals surface area contributed by atoms with E-state index in [0.29, 0.717) is 23.7 Å². The Balaban J connectivity index is 2.06. The quantitative estimate of drug-likeness (QED) is 0.919. The van der Waals surface area contributed by atoms with Crippen molar-refractivity contribution >= 4 is 0 Å². The zero-order valence-electron chi connectivity index (χ0n) is 12.8. The molecular weight excluding hydrogens is 269 g/mol. The number of rotatable bonds is 5. The first-order valence-corrected chi connectivity index (χ1v) is 6.87. The van der Waals surface area contributed by atoms with E-state index >= 15 is 0 Å². The van der Waals surface area contributed by atoms with Crippen molar-refractivity contribution in [2.45, 2.75) is 33.4 Å². The Morgan fingerprint density at radius 1 is 1.19 bits per heavy atom. The highest BCUT2D eigenvalue weighted by Gasteiger charge is 2.12. The van der Waals surface area contributed by atoms with E-state index in [4.69, 9.17) is 4.74 Å². The van der Waals surface area contributed by atoms with E-state index in [9.17, 15) is 4.39 Å². The molecule has 5 heteroatoms. The Hall–Kier alpha value is -2.01. The Bertz CT molecular complexity index is 611. The Kier molecular flexibility index (Phi) is 4.85. The number of ether oxygens (including phenoxy) is 1. The van der Waals surface area contributed by atoms with Gasteiger partial charge >= 0.3 is 0 Å². The molecule has 0 saturated heterocycles. The largest absolute Gasteiger partial charge is 0.497 e. The first-order chi connectivity index (χ1) is 9.99. The minimum Gasteiger partial charge on any atom is -0.497 e. The Labute approximate surface area is 124 Å². The van der Waals surface area contributed by atoms with E-state index in [0.717, 1.165) is 11.4 Å². The molecular formula is C16H20FN3O. The number of aryl methyl sites for hydroxylation is 2. The van der Waals surface area contributed by atoms with E-state index in [-0.39, 0.29) is 11.9 Å². The number of nitrogens with one attached hydrogen (secondary N) is 1. The van der Waals surface area contributed by atoms with Gasteiger partial charge in [0.05, 0.1) is 13.7 Å². The van der Waals surface area contributed by atoms with E-state index < -0.39 is 0 Å². The van der Waals surface area contributed by atoms with Crippen LogP contribution in [0, 0.1) is 19.7 Å². The van der Waals surface area contributed by atoms with Crippen molar-refractivity contribution in [2.24, 2.45) is 0 Å². The van der Waals surface area contributed by atoms with E-state index in [1.54, 1.807) is 12.1 Å². The molecule has 0 bridgehead atoms. The number of methoxy groups -OCH3 is 1.